The predicted molar refractivity (Wildman–Crippen MR) is 72.5 cm³/mol. The van der Waals surface area contributed by atoms with Gasteiger partial charge in [-0.05, 0) is 13.1 Å². The van der Waals surface area contributed by atoms with E-state index >= 15 is 0 Å². The summed E-state index contributed by atoms with van der Waals surface area (Å²) in [5, 5.41) is 13.6. The Morgan fingerprint density at radius 1 is 1.25 bits per heavy atom. The predicted octanol–water partition coefficient (Wildman–Crippen LogP) is 2.30. The Bertz CT molecular complexity index is 465. The van der Waals surface area contributed by atoms with Crippen LogP contribution in [-0.4, -0.2) is 36.0 Å². The van der Waals surface area contributed by atoms with E-state index in [1.807, 2.05) is 13.8 Å². The molecular formula is C13H19F2N3O2. The smallest absolute Gasteiger partial charge is 0.305 e. The highest BCUT2D eigenvalue weighted by Crippen LogP contribution is 2.21. The molecular weight excluding hydrogens is 268 g/mol. The highest BCUT2D eigenvalue weighted by Gasteiger charge is 2.18. The van der Waals surface area contributed by atoms with Gasteiger partial charge in [-0.1, -0.05) is 13.8 Å². The molecule has 0 radical (unpaired) electrons. The van der Waals surface area contributed by atoms with Crippen LogP contribution < -0.4 is 5.32 Å². The summed E-state index contributed by atoms with van der Waals surface area (Å²) in [6, 6.07) is 1.49. The van der Waals surface area contributed by atoms with Crippen LogP contribution in [0.15, 0.2) is 12.1 Å². The van der Waals surface area contributed by atoms with Crippen LogP contribution in [0.1, 0.15) is 19.4 Å². The van der Waals surface area contributed by atoms with E-state index in [1.165, 1.54) is 0 Å². The molecule has 1 aromatic carbocycles. The van der Waals surface area contributed by atoms with E-state index in [2.05, 4.69) is 10.2 Å². The summed E-state index contributed by atoms with van der Waals surface area (Å²) >= 11 is 0. The van der Waals surface area contributed by atoms with Crippen LogP contribution in [0.4, 0.5) is 14.5 Å². The molecule has 5 nitrogen and oxygen atoms in total. The van der Waals surface area contributed by atoms with Crippen LogP contribution in [0.3, 0.4) is 0 Å². The third kappa shape index (κ3) is 4.50. The number of nitro benzene ring substituents is 1. The van der Waals surface area contributed by atoms with Gasteiger partial charge in [-0.25, -0.2) is 4.39 Å². The monoisotopic (exact) mass is 287 g/mol. The van der Waals surface area contributed by atoms with E-state index < -0.39 is 22.2 Å². The zero-order valence-electron chi connectivity index (χ0n) is 11.7. The molecule has 0 aliphatic rings. The van der Waals surface area contributed by atoms with Crippen molar-refractivity contribution in [3.63, 3.8) is 0 Å². The molecule has 0 aliphatic carbocycles. The molecule has 0 bridgehead atoms. The van der Waals surface area contributed by atoms with Crippen LogP contribution in [-0.2, 0) is 6.54 Å². The third-order valence-corrected chi connectivity index (χ3v) is 3.13. The fourth-order valence-electron chi connectivity index (χ4n) is 1.86. The van der Waals surface area contributed by atoms with E-state index in [-0.39, 0.29) is 12.1 Å². The number of nitro groups is 1. The Morgan fingerprint density at radius 3 is 2.45 bits per heavy atom. The molecule has 1 rings (SSSR count). The van der Waals surface area contributed by atoms with Gasteiger partial charge in [-0.3, -0.25) is 10.1 Å². The van der Waals surface area contributed by atoms with Gasteiger partial charge >= 0.3 is 5.69 Å². The summed E-state index contributed by atoms with van der Waals surface area (Å²) in [5.74, 6) is -1.93. The van der Waals surface area contributed by atoms with E-state index in [0.717, 1.165) is 25.7 Å². The Morgan fingerprint density at radius 2 is 1.90 bits per heavy atom. The molecule has 7 heteroatoms. The molecule has 0 saturated heterocycles. The van der Waals surface area contributed by atoms with Gasteiger partial charge in [0.05, 0.1) is 4.92 Å². The van der Waals surface area contributed by atoms with Crippen molar-refractivity contribution in [1.29, 1.82) is 0 Å². The first kappa shape index (κ1) is 16.5. The highest BCUT2D eigenvalue weighted by atomic mass is 19.1. The topological polar surface area (TPSA) is 58.4 Å². The van der Waals surface area contributed by atoms with E-state index in [1.54, 1.807) is 0 Å². The molecule has 0 amide bonds. The number of nitrogens with zero attached hydrogens (tertiary/aromatic N) is 2. The second-order valence-electron chi connectivity index (χ2n) is 4.36. The first-order chi connectivity index (χ1) is 9.49. The van der Waals surface area contributed by atoms with Gasteiger partial charge < -0.3 is 10.2 Å². The zero-order chi connectivity index (χ0) is 15.1. The summed E-state index contributed by atoms with van der Waals surface area (Å²) in [6.07, 6.45) is 0. The minimum absolute atomic E-state index is 0.0950. The van der Waals surface area contributed by atoms with Crippen LogP contribution in [0, 0.1) is 21.7 Å². The molecule has 0 aromatic heterocycles. The lowest BCUT2D eigenvalue weighted by molar-refractivity contribution is -0.387. The van der Waals surface area contributed by atoms with Crippen molar-refractivity contribution < 1.29 is 13.7 Å². The van der Waals surface area contributed by atoms with Crippen molar-refractivity contribution in [2.45, 2.75) is 20.4 Å². The molecule has 0 atom stereocenters. The highest BCUT2D eigenvalue weighted by molar-refractivity contribution is 5.37. The van der Waals surface area contributed by atoms with Gasteiger partial charge in [0.1, 0.15) is 5.82 Å². The molecule has 0 unspecified atom stereocenters. The first-order valence-corrected chi connectivity index (χ1v) is 6.54. The largest absolute Gasteiger partial charge is 0.311 e. The molecule has 0 heterocycles. The van der Waals surface area contributed by atoms with Crippen molar-refractivity contribution in [1.82, 2.24) is 10.2 Å². The number of benzene rings is 1. The Balaban J connectivity index is 2.60. The molecule has 0 saturated carbocycles. The lowest BCUT2D eigenvalue weighted by Crippen LogP contribution is -2.31. The molecule has 20 heavy (non-hydrogen) atoms. The molecule has 0 spiro atoms. The lowest BCUT2D eigenvalue weighted by atomic mass is 10.2. The van der Waals surface area contributed by atoms with Crippen molar-refractivity contribution in [3.8, 4) is 0 Å². The summed E-state index contributed by atoms with van der Waals surface area (Å²) in [5.41, 5.74) is -0.607. The second-order valence-corrected chi connectivity index (χ2v) is 4.36. The lowest BCUT2D eigenvalue weighted by Gasteiger charge is -2.18. The maximum atomic E-state index is 13.5. The van der Waals surface area contributed by atoms with Gasteiger partial charge in [0.25, 0.3) is 0 Å². The molecule has 1 aromatic rings. The van der Waals surface area contributed by atoms with Crippen LogP contribution in [0.5, 0.6) is 0 Å². The minimum atomic E-state index is -1.15. The van der Waals surface area contributed by atoms with E-state index in [0.29, 0.717) is 12.6 Å². The molecule has 0 aliphatic heterocycles. The summed E-state index contributed by atoms with van der Waals surface area (Å²) in [6.45, 7) is 7.51. The van der Waals surface area contributed by atoms with E-state index in [4.69, 9.17) is 0 Å². The summed E-state index contributed by atoms with van der Waals surface area (Å²) in [7, 11) is 0. The van der Waals surface area contributed by atoms with Crippen molar-refractivity contribution in [3.05, 3.63) is 39.4 Å². The van der Waals surface area contributed by atoms with Crippen LogP contribution >= 0.6 is 0 Å². The van der Waals surface area contributed by atoms with Gasteiger partial charge in [0.15, 0.2) is 0 Å². The van der Waals surface area contributed by atoms with Gasteiger partial charge in [-0.15, -0.1) is 0 Å². The maximum Gasteiger partial charge on any atom is 0.305 e. The van der Waals surface area contributed by atoms with Crippen molar-refractivity contribution in [2.24, 2.45) is 0 Å². The standard InChI is InChI=1S/C13H19F2N3O2/c1-3-17(4-2)6-5-16-9-10-7-13(18(19)20)12(15)8-11(10)14/h7-8,16H,3-6,9H2,1-2H3. The second kappa shape index (κ2) is 7.86. The van der Waals surface area contributed by atoms with Gasteiger partial charge in [-0.2, -0.15) is 4.39 Å². The maximum absolute atomic E-state index is 13.5. The number of rotatable bonds is 8. The summed E-state index contributed by atoms with van der Waals surface area (Å²) < 4.78 is 26.7. The average Bonchev–Trinajstić information content (AvgIpc) is 2.40. The number of nitrogens with one attached hydrogen (secondary N) is 1. The Kier molecular flexibility index (Phi) is 6.47. The van der Waals surface area contributed by atoms with Gasteiger partial charge in [0.2, 0.25) is 5.82 Å². The van der Waals surface area contributed by atoms with Crippen LogP contribution in [0.2, 0.25) is 0 Å². The normalized spacial score (nSPS) is 11.1. The molecule has 112 valence electrons. The fourth-order valence-corrected chi connectivity index (χ4v) is 1.86. The molecule has 1 N–H and O–H groups in total. The number of hydrogen-bond acceptors (Lipinski definition) is 4. The van der Waals surface area contributed by atoms with Crippen molar-refractivity contribution >= 4 is 5.69 Å². The third-order valence-electron chi connectivity index (χ3n) is 3.13. The Hall–Kier alpha value is -1.60. The van der Waals surface area contributed by atoms with Crippen molar-refractivity contribution in [2.75, 3.05) is 26.2 Å². The van der Waals surface area contributed by atoms with Crippen LogP contribution in [0.25, 0.3) is 0 Å². The number of hydrogen-bond donors (Lipinski definition) is 1. The SMILES string of the molecule is CCN(CC)CCNCc1cc([N+](=O)[O-])c(F)cc1F. The first-order valence-electron chi connectivity index (χ1n) is 6.54. The number of likely N-dealkylation sites (N-methyl/N-ethyl adjacent to an activating group) is 1. The Labute approximate surface area is 116 Å². The summed E-state index contributed by atoms with van der Waals surface area (Å²) in [4.78, 5) is 11.9. The zero-order valence-corrected chi connectivity index (χ0v) is 11.7. The fraction of sp³-hybridized carbons (Fsp3) is 0.538. The molecule has 0 fully saturated rings. The van der Waals surface area contributed by atoms with Gasteiger partial charge in [0, 0.05) is 37.3 Å². The average molecular weight is 287 g/mol. The number of halogens is 2. The van der Waals surface area contributed by atoms with E-state index in [9.17, 15) is 18.9 Å². The minimum Gasteiger partial charge on any atom is -0.311 e. The quantitative estimate of drug-likeness (QED) is 0.453.